The molecule has 0 fully saturated rings. The molecule has 1 nitrogen and oxygen atoms in total. The molecule has 0 saturated carbocycles. The van der Waals surface area contributed by atoms with Crippen LogP contribution in [0.4, 0.5) is 0 Å². The zero-order valence-electron chi connectivity index (χ0n) is 12.8. The quantitative estimate of drug-likeness (QED) is 0.430. The van der Waals surface area contributed by atoms with Crippen molar-refractivity contribution in [3.05, 3.63) is 23.3 Å². The van der Waals surface area contributed by atoms with Crippen LogP contribution in [0.2, 0.25) is 0 Å². The van der Waals surface area contributed by atoms with E-state index >= 15 is 0 Å². The lowest BCUT2D eigenvalue weighted by atomic mass is 10.1. The van der Waals surface area contributed by atoms with Crippen molar-refractivity contribution in [2.45, 2.75) is 54.4 Å². The third-order valence-corrected chi connectivity index (χ3v) is 3.93. The van der Waals surface area contributed by atoms with Gasteiger partial charge in [0.15, 0.2) is 0 Å². The number of allylic oxidation sites excluding steroid dienone is 3. The number of hydrogen-bond donors (Lipinski definition) is 0. The molecule has 0 bridgehead atoms. The predicted molar refractivity (Wildman–Crippen MR) is 79.2 cm³/mol. The van der Waals surface area contributed by atoms with E-state index in [9.17, 15) is 0 Å². The van der Waals surface area contributed by atoms with Crippen LogP contribution in [0.15, 0.2) is 23.3 Å². The Bertz CT molecular complexity index is 244. The van der Waals surface area contributed by atoms with Crippen molar-refractivity contribution in [3.8, 4) is 0 Å². The summed E-state index contributed by atoms with van der Waals surface area (Å²) in [7, 11) is 0. The van der Waals surface area contributed by atoms with Crippen molar-refractivity contribution in [1.29, 1.82) is 0 Å². The number of quaternary nitrogens is 1. The average molecular weight is 238 g/mol. The Kier molecular flexibility index (Phi) is 8.24. The Morgan fingerprint density at radius 3 is 1.82 bits per heavy atom. The van der Waals surface area contributed by atoms with E-state index in [-0.39, 0.29) is 0 Å². The third kappa shape index (κ3) is 6.68. The molecule has 0 rings (SSSR count). The van der Waals surface area contributed by atoms with Gasteiger partial charge in [0, 0.05) is 0 Å². The Balaban J connectivity index is 4.25. The van der Waals surface area contributed by atoms with Crippen molar-refractivity contribution >= 4 is 0 Å². The van der Waals surface area contributed by atoms with Crippen molar-refractivity contribution in [3.63, 3.8) is 0 Å². The van der Waals surface area contributed by atoms with E-state index in [0.29, 0.717) is 0 Å². The molecule has 0 aromatic carbocycles. The lowest BCUT2D eigenvalue weighted by Crippen LogP contribution is -2.47. The van der Waals surface area contributed by atoms with Gasteiger partial charge >= 0.3 is 0 Å². The minimum atomic E-state index is 1.19. The Hall–Kier alpha value is -0.560. The molecule has 1 heteroatoms. The van der Waals surface area contributed by atoms with E-state index in [1.54, 1.807) is 5.57 Å². The van der Waals surface area contributed by atoms with Crippen LogP contribution in [-0.2, 0) is 0 Å². The van der Waals surface area contributed by atoms with E-state index in [4.69, 9.17) is 0 Å². The van der Waals surface area contributed by atoms with Crippen LogP contribution in [-0.4, -0.2) is 30.7 Å². The van der Waals surface area contributed by atoms with Crippen molar-refractivity contribution in [1.82, 2.24) is 0 Å². The zero-order valence-corrected chi connectivity index (χ0v) is 12.8. The second-order valence-corrected chi connectivity index (χ2v) is 5.34. The standard InChI is InChI=1S/C16H32N/c1-7-17(8-2,9-3)14-13-16(6)12-10-11-15(4)5/h11,13H,7-10,12,14H2,1-6H3/q+1/b16-13-. The Morgan fingerprint density at radius 1 is 0.882 bits per heavy atom. The number of nitrogens with zero attached hydrogens (tertiary/aromatic N) is 1. The first-order valence-corrected chi connectivity index (χ1v) is 7.13. The summed E-state index contributed by atoms with van der Waals surface area (Å²) in [4.78, 5) is 0. The molecule has 0 aromatic heterocycles. The number of hydrogen-bond acceptors (Lipinski definition) is 0. The molecule has 0 atom stereocenters. The molecule has 0 aromatic rings. The normalized spacial score (nSPS) is 12.7. The first kappa shape index (κ1) is 16.4. The van der Waals surface area contributed by atoms with Crippen molar-refractivity contribution < 1.29 is 4.48 Å². The first-order valence-electron chi connectivity index (χ1n) is 7.13. The molecule has 0 amide bonds. The van der Waals surface area contributed by atoms with Gasteiger partial charge in [0.1, 0.15) is 0 Å². The molecule has 0 heterocycles. The van der Waals surface area contributed by atoms with Gasteiger partial charge in [0.25, 0.3) is 0 Å². The van der Waals surface area contributed by atoms with Gasteiger partial charge < -0.3 is 4.48 Å². The molecule has 0 spiro atoms. The first-order chi connectivity index (χ1) is 7.99. The van der Waals surface area contributed by atoms with Crippen LogP contribution >= 0.6 is 0 Å². The molecule has 17 heavy (non-hydrogen) atoms. The maximum absolute atomic E-state index is 2.45. The number of rotatable bonds is 8. The highest BCUT2D eigenvalue weighted by Gasteiger charge is 2.18. The molecule has 0 aliphatic rings. The van der Waals surface area contributed by atoms with E-state index in [0.717, 1.165) is 0 Å². The van der Waals surface area contributed by atoms with Crippen molar-refractivity contribution in [2.75, 3.05) is 26.2 Å². The van der Waals surface area contributed by atoms with E-state index in [1.807, 2.05) is 0 Å². The van der Waals surface area contributed by atoms with Crippen LogP contribution in [0, 0.1) is 0 Å². The highest BCUT2D eigenvalue weighted by molar-refractivity contribution is 5.02. The Labute approximate surface area is 109 Å². The van der Waals surface area contributed by atoms with Crippen LogP contribution in [0.25, 0.3) is 0 Å². The third-order valence-electron chi connectivity index (χ3n) is 3.93. The maximum atomic E-state index is 2.45. The molecular formula is C16H32N+. The minimum Gasteiger partial charge on any atom is -0.321 e. The second kappa shape index (κ2) is 8.52. The monoisotopic (exact) mass is 238 g/mol. The summed E-state index contributed by atoms with van der Waals surface area (Å²) in [6.07, 6.45) is 7.19. The van der Waals surface area contributed by atoms with Gasteiger partial charge in [-0.1, -0.05) is 17.2 Å². The van der Waals surface area contributed by atoms with Crippen LogP contribution < -0.4 is 0 Å². The molecule has 0 saturated heterocycles. The molecular weight excluding hydrogens is 206 g/mol. The summed E-state index contributed by atoms with van der Waals surface area (Å²) in [5.74, 6) is 0. The van der Waals surface area contributed by atoms with Gasteiger partial charge in [0.05, 0.1) is 26.2 Å². The van der Waals surface area contributed by atoms with E-state index in [1.165, 1.54) is 49.1 Å². The lowest BCUT2D eigenvalue weighted by Gasteiger charge is -2.34. The number of likely N-dealkylation sites (N-methyl/N-ethyl adjacent to an activating group) is 1. The average Bonchev–Trinajstić information content (AvgIpc) is 2.31. The predicted octanol–water partition coefficient (Wildman–Crippen LogP) is 4.56. The highest BCUT2D eigenvalue weighted by atomic mass is 15.3. The zero-order chi connectivity index (χ0) is 13.3. The van der Waals surface area contributed by atoms with Gasteiger partial charge in [-0.25, -0.2) is 0 Å². The summed E-state index contributed by atoms with van der Waals surface area (Å²) >= 11 is 0. The molecule has 0 aliphatic carbocycles. The summed E-state index contributed by atoms with van der Waals surface area (Å²) in [6.45, 7) is 18.5. The smallest absolute Gasteiger partial charge is 0.0976 e. The van der Waals surface area contributed by atoms with Gasteiger partial charge in [-0.2, -0.15) is 0 Å². The van der Waals surface area contributed by atoms with Gasteiger partial charge in [0.2, 0.25) is 0 Å². The molecule has 0 aliphatic heterocycles. The van der Waals surface area contributed by atoms with Gasteiger partial charge in [-0.05, 0) is 60.5 Å². The fraction of sp³-hybridized carbons (Fsp3) is 0.750. The maximum Gasteiger partial charge on any atom is 0.0976 e. The fourth-order valence-electron chi connectivity index (χ4n) is 2.10. The summed E-state index contributed by atoms with van der Waals surface area (Å²) in [6, 6.07) is 0. The Morgan fingerprint density at radius 2 is 1.41 bits per heavy atom. The van der Waals surface area contributed by atoms with Crippen LogP contribution in [0.3, 0.4) is 0 Å². The minimum absolute atomic E-state index is 1.19. The largest absolute Gasteiger partial charge is 0.321 e. The van der Waals surface area contributed by atoms with Crippen LogP contribution in [0.5, 0.6) is 0 Å². The van der Waals surface area contributed by atoms with Gasteiger partial charge in [-0.15, -0.1) is 0 Å². The topological polar surface area (TPSA) is 0 Å². The summed E-state index contributed by atoms with van der Waals surface area (Å²) in [5, 5.41) is 0. The molecule has 100 valence electrons. The fourth-order valence-corrected chi connectivity index (χ4v) is 2.10. The summed E-state index contributed by atoms with van der Waals surface area (Å²) < 4.78 is 1.22. The second-order valence-electron chi connectivity index (χ2n) is 5.34. The van der Waals surface area contributed by atoms with Gasteiger partial charge in [-0.3, -0.25) is 0 Å². The molecule has 0 unspecified atom stereocenters. The lowest BCUT2D eigenvalue weighted by molar-refractivity contribution is -0.917. The SMILES string of the molecule is CC[N+](CC)(CC)C/C=C(/C)CCC=C(C)C. The summed E-state index contributed by atoms with van der Waals surface area (Å²) in [5.41, 5.74) is 2.97. The van der Waals surface area contributed by atoms with Crippen LogP contribution in [0.1, 0.15) is 54.4 Å². The molecule has 0 radical (unpaired) electrons. The van der Waals surface area contributed by atoms with E-state index < -0.39 is 0 Å². The molecule has 0 N–H and O–H groups in total. The van der Waals surface area contributed by atoms with E-state index in [2.05, 4.69) is 53.7 Å². The highest BCUT2D eigenvalue weighted by Crippen LogP contribution is 2.11. The van der Waals surface area contributed by atoms with Crippen molar-refractivity contribution in [2.24, 2.45) is 0 Å².